The van der Waals surface area contributed by atoms with Crippen LogP contribution in [-0.2, 0) is 0 Å². The molecule has 0 aliphatic heterocycles. The van der Waals surface area contributed by atoms with Gasteiger partial charge >= 0.3 is 0 Å². The first kappa shape index (κ1) is 13.0. The molecule has 1 unspecified atom stereocenters. The Kier molecular flexibility index (Phi) is 4.60. The van der Waals surface area contributed by atoms with Gasteiger partial charge in [-0.3, -0.25) is 4.90 Å². The van der Waals surface area contributed by atoms with Crippen LogP contribution in [0.1, 0.15) is 53.4 Å². The van der Waals surface area contributed by atoms with Gasteiger partial charge in [0.1, 0.15) is 0 Å². The number of nitrogens with two attached hydrogens (primary N) is 1. The van der Waals surface area contributed by atoms with E-state index in [4.69, 9.17) is 5.73 Å². The molecule has 0 aromatic carbocycles. The van der Waals surface area contributed by atoms with Crippen molar-refractivity contribution in [3.05, 3.63) is 0 Å². The molecule has 2 nitrogen and oxygen atoms in total. The highest BCUT2D eigenvalue weighted by molar-refractivity contribution is 4.96. The summed E-state index contributed by atoms with van der Waals surface area (Å²) >= 11 is 0. The number of hydrogen-bond donors (Lipinski definition) is 1. The van der Waals surface area contributed by atoms with Crippen LogP contribution in [0, 0.1) is 5.92 Å². The van der Waals surface area contributed by atoms with Gasteiger partial charge in [-0.05, 0) is 45.7 Å². The van der Waals surface area contributed by atoms with Gasteiger partial charge in [0.2, 0.25) is 0 Å². The van der Waals surface area contributed by atoms with Gasteiger partial charge in [0.25, 0.3) is 0 Å². The normalized spacial score (nSPS) is 21.2. The molecule has 0 aromatic heterocycles. The summed E-state index contributed by atoms with van der Waals surface area (Å²) in [6.07, 6.45) is 5.44. The number of nitrogens with zero attached hydrogens (tertiary/aromatic N) is 1. The van der Waals surface area contributed by atoms with Crippen molar-refractivity contribution in [2.24, 2.45) is 11.7 Å². The Labute approximate surface area is 95.2 Å². The fraction of sp³-hybridized carbons (Fsp3) is 1.00. The molecule has 0 radical (unpaired) electrons. The van der Waals surface area contributed by atoms with Crippen LogP contribution in [0.25, 0.3) is 0 Å². The summed E-state index contributed by atoms with van der Waals surface area (Å²) in [5.41, 5.74) is 6.62. The predicted molar refractivity (Wildman–Crippen MR) is 66.9 cm³/mol. The van der Waals surface area contributed by atoms with Gasteiger partial charge in [0, 0.05) is 11.6 Å². The smallest absolute Gasteiger partial charge is 0.0306 e. The molecule has 1 aliphatic rings. The third kappa shape index (κ3) is 2.73. The van der Waals surface area contributed by atoms with E-state index in [1.54, 1.807) is 0 Å². The molecule has 90 valence electrons. The predicted octanol–water partition coefficient (Wildman–Crippen LogP) is 2.62. The minimum Gasteiger partial charge on any atom is -0.326 e. The molecule has 2 heteroatoms. The summed E-state index contributed by atoms with van der Waals surface area (Å²) in [7, 11) is 0. The van der Waals surface area contributed by atoms with E-state index < -0.39 is 0 Å². The number of likely N-dealkylation sites (N-methyl/N-ethyl adjacent to an activating group) is 1. The highest BCUT2D eigenvalue weighted by Gasteiger charge is 2.37. The van der Waals surface area contributed by atoms with E-state index in [2.05, 4.69) is 32.6 Å². The van der Waals surface area contributed by atoms with Gasteiger partial charge < -0.3 is 5.73 Å². The molecule has 1 fully saturated rings. The zero-order chi connectivity index (χ0) is 11.5. The third-order valence-electron chi connectivity index (χ3n) is 4.30. The van der Waals surface area contributed by atoms with Crippen LogP contribution in [0.3, 0.4) is 0 Å². The van der Waals surface area contributed by atoms with Gasteiger partial charge in [-0.25, -0.2) is 0 Å². The van der Waals surface area contributed by atoms with Crippen LogP contribution in [0.5, 0.6) is 0 Å². The Morgan fingerprint density at radius 2 is 1.67 bits per heavy atom. The molecule has 0 aromatic rings. The van der Waals surface area contributed by atoms with Crippen LogP contribution in [0.2, 0.25) is 0 Å². The molecule has 0 amide bonds. The third-order valence-corrected chi connectivity index (χ3v) is 4.30. The van der Waals surface area contributed by atoms with E-state index in [0.717, 1.165) is 19.0 Å². The molecular weight excluding hydrogens is 184 g/mol. The molecule has 1 saturated carbocycles. The Hall–Kier alpha value is -0.0800. The summed E-state index contributed by atoms with van der Waals surface area (Å²) in [5.74, 6) is 0.751. The highest BCUT2D eigenvalue weighted by atomic mass is 15.2. The zero-order valence-electron chi connectivity index (χ0n) is 10.9. The summed E-state index contributed by atoms with van der Waals surface area (Å²) in [4.78, 5) is 2.50. The maximum Gasteiger partial charge on any atom is 0.0306 e. The Bertz CT molecular complexity index is 179. The molecular formula is C13H28N2. The lowest BCUT2D eigenvalue weighted by Crippen LogP contribution is -2.58. The van der Waals surface area contributed by atoms with E-state index in [-0.39, 0.29) is 5.54 Å². The molecule has 0 bridgehead atoms. The molecule has 0 saturated heterocycles. The van der Waals surface area contributed by atoms with Crippen molar-refractivity contribution >= 4 is 0 Å². The van der Waals surface area contributed by atoms with Crippen LogP contribution in [0.4, 0.5) is 0 Å². The van der Waals surface area contributed by atoms with Crippen LogP contribution >= 0.6 is 0 Å². The lowest BCUT2D eigenvalue weighted by Gasteiger charge is -2.44. The van der Waals surface area contributed by atoms with Crippen molar-refractivity contribution < 1.29 is 0 Å². The second kappa shape index (κ2) is 5.31. The highest BCUT2D eigenvalue weighted by Crippen LogP contribution is 2.33. The monoisotopic (exact) mass is 212 g/mol. The minimum atomic E-state index is 0.151. The summed E-state index contributed by atoms with van der Waals surface area (Å²) in [6.45, 7) is 11.3. The second-order valence-corrected chi connectivity index (χ2v) is 5.40. The first-order valence-corrected chi connectivity index (χ1v) is 6.54. The standard InChI is InChI=1S/C13H28N2/c1-5-15(6-2)13(3,4)12(14)11-9-7-8-10-11/h11-12H,5-10,14H2,1-4H3. The van der Waals surface area contributed by atoms with Crippen LogP contribution in [-0.4, -0.2) is 29.6 Å². The van der Waals surface area contributed by atoms with E-state index in [9.17, 15) is 0 Å². The molecule has 15 heavy (non-hydrogen) atoms. The van der Waals surface area contributed by atoms with Gasteiger partial charge in [0.05, 0.1) is 0 Å². The molecule has 1 aliphatic carbocycles. The maximum atomic E-state index is 6.47. The number of rotatable bonds is 5. The largest absolute Gasteiger partial charge is 0.326 e. The van der Waals surface area contributed by atoms with Crippen molar-refractivity contribution in [2.75, 3.05) is 13.1 Å². The average Bonchev–Trinajstić information content (AvgIpc) is 2.70. The molecule has 0 spiro atoms. The fourth-order valence-corrected chi connectivity index (χ4v) is 3.14. The van der Waals surface area contributed by atoms with Gasteiger partial charge in [-0.15, -0.1) is 0 Å². The van der Waals surface area contributed by atoms with Gasteiger partial charge in [-0.1, -0.05) is 26.7 Å². The van der Waals surface area contributed by atoms with Crippen LogP contribution in [0.15, 0.2) is 0 Å². The van der Waals surface area contributed by atoms with Gasteiger partial charge in [0.15, 0.2) is 0 Å². The van der Waals surface area contributed by atoms with Crippen molar-refractivity contribution in [2.45, 2.75) is 65.0 Å². The SMILES string of the molecule is CCN(CC)C(C)(C)C(N)C1CCCC1. The Morgan fingerprint density at radius 3 is 2.07 bits per heavy atom. The van der Waals surface area contributed by atoms with E-state index in [1.165, 1.54) is 25.7 Å². The van der Waals surface area contributed by atoms with E-state index in [1.807, 2.05) is 0 Å². The fourth-order valence-electron chi connectivity index (χ4n) is 3.14. The molecule has 1 rings (SSSR count). The van der Waals surface area contributed by atoms with E-state index >= 15 is 0 Å². The molecule has 1 atom stereocenters. The topological polar surface area (TPSA) is 29.3 Å². The van der Waals surface area contributed by atoms with Crippen molar-refractivity contribution in [3.63, 3.8) is 0 Å². The minimum absolute atomic E-state index is 0.151. The summed E-state index contributed by atoms with van der Waals surface area (Å²) < 4.78 is 0. The Morgan fingerprint density at radius 1 is 1.20 bits per heavy atom. The zero-order valence-corrected chi connectivity index (χ0v) is 10.9. The first-order chi connectivity index (χ1) is 7.04. The molecule has 2 N–H and O–H groups in total. The van der Waals surface area contributed by atoms with Crippen LogP contribution < -0.4 is 5.73 Å². The van der Waals surface area contributed by atoms with E-state index in [0.29, 0.717) is 6.04 Å². The molecule has 0 heterocycles. The maximum absolute atomic E-state index is 6.47. The second-order valence-electron chi connectivity index (χ2n) is 5.40. The lowest BCUT2D eigenvalue weighted by atomic mass is 9.82. The van der Waals surface area contributed by atoms with Gasteiger partial charge in [-0.2, -0.15) is 0 Å². The summed E-state index contributed by atoms with van der Waals surface area (Å²) in [5, 5.41) is 0. The Balaban J connectivity index is 2.65. The average molecular weight is 212 g/mol. The number of hydrogen-bond acceptors (Lipinski definition) is 2. The summed E-state index contributed by atoms with van der Waals surface area (Å²) in [6, 6.07) is 0.333. The van der Waals surface area contributed by atoms with Crippen molar-refractivity contribution in [3.8, 4) is 0 Å². The first-order valence-electron chi connectivity index (χ1n) is 6.54. The van der Waals surface area contributed by atoms with Crippen molar-refractivity contribution in [1.29, 1.82) is 0 Å². The lowest BCUT2D eigenvalue weighted by molar-refractivity contribution is 0.0835. The van der Waals surface area contributed by atoms with Crippen molar-refractivity contribution in [1.82, 2.24) is 4.90 Å². The quantitative estimate of drug-likeness (QED) is 0.759.